The first-order valence-corrected chi connectivity index (χ1v) is 14.3. The van der Waals surface area contributed by atoms with Crippen molar-refractivity contribution in [1.29, 1.82) is 0 Å². The lowest BCUT2D eigenvalue weighted by Gasteiger charge is -2.37. The molecule has 36 heavy (non-hydrogen) atoms. The number of amides is 1. The van der Waals surface area contributed by atoms with Gasteiger partial charge < -0.3 is 10.6 Å². The molecule has 10 nitrogen and oxygen atoms in total. The van der Waals surface area contributed by atoms with Crippen molar-refractivity contribution in [2.75, 3.05) is 18.5 Å². The molecule has 1 aliphatic heterocycles. The topological polar surface area (TPSA) is 136 Å². The molecule has 188 valence electrons. The number of thiazole rings is 1. The van der Waals surface area contributed by atoms with Crippen LogP contribution in [0.1, 0.15) is 43.3 Å². The normalized spacial score (nSPS) is 18.6. The first-order valence-electron chi connectivity index (χ1n) is 11.6. The van der Waals surface area contributed by atoms with Gasteiger partial charge in [-0.05, 0) is 32.8 Å². The van der Waals surface area contributed by atoms with Crippen LogP contribution in [0.25, 0.3) is 28.2 Å². The number of fused-ring (bicyclic) bond motifs is 1. The van der Waals surface area contributed by atoms with E-state index in [0.717, 1.165) is 28.2 Å². The van der Waals surface area contributed by atoms with Crippen LogP contribution in [0.2, 0.25) is 0 Å². The molecule has 1 saturated heterocycles. The highest BCUT2D eigenvalue weighted by Crippen LogP contribution is 2.38. The third-order valence-corrected chi connectivity index (χ3v) is 8.59. The van der Waals surface area contributed by atoms with Gasteiger partial charge in [0.1, 0.15) is 10.7 Å². The molecule has 0 unspecified atom stereocenters. The summed E-state index contributed by atoms with van der Waals surface area (Å²) in [4.78, 5) is 27.7. The molecule has 0 radical (unpaired) electrons. The van der Waals surface area contributed by atoms with E-state index in [2.05, 4.69) is 15.1 Å². The largest absolute Gasteiger partial charge is 0.382 e. The minimum absolute atomic E-state index is 0.00509. The van der Waals surface area contributed by atoms with Crippen molar-refractivity contribution in [2.24, 2.45) is 0 Å². The molecule has 1 aliphatic rings. The number of anilines is 1. The molecule has 0 aromatic carbocycles. The van der Waals surface area contributed by atoms with E-state index < -0.39 is 9.84 Å². The van der Waals surface area contributed by atoms with Gasteiger partial charge in [-0.3, -0.25) is 9.78 Å². The second-order valence-corrected chi connectivity index (χ2v) is 12.3. The summed E-state index contributed by atoms with van der Waals surface area (Å²) in [5, 5.41) is 7.30. The zero-order valence-electron chi connectivity index (χ0n) is 20.5. The molecule has 0 saturated carbocycles. The van der Waals surface area contributed by atoms with Crippen LogP contribution >= 0.6 is 11.3 Å². The first-order chi connectivity index (χ1) is 17.0. The number of piperidine rings is 1. The van der Waals surface area contributed by atoms with Gasteiger partial charge in [0, 0.05) is 54.4 Å². The highest BCUT2D eigenvalue weighted by atomic mass is 32.2. The lowest BCUT2D eigenvalue weighted by molar-refractivity contribution is -0.132. The Bertz CT molecular complexity index is 1580. The maximum absolute atomic E-state index is 12.8. The molecule has 2 N–H and O–H groups in total. The third-order valence-electron chi connectivity index (χ3n) is 6.66. The molecule has 2 atom stereocenters. The standard InChI is InChI=1S/C24H27N7O3S2/c1-13-9-16(7-8-30(13)15(3)32)21-22(36(4,33)34)23(25)31-24(29-21)18(11-27-31)17-5-6-19(26-10-17)20-12-35-14(2)28-20/h5-6,10-13,16H,7-9,25H2,1-4H3/t13-,16+/m0/s1. The van der Waals surface area contributed by atoms with E-state index in [0.29, 0.717) is 36.3 Å². The summed E-state index contributed by atoms with van der Waals surface area (Å²) in [6, 6.07) is 3.77. The summed E-state index contributed by atoms with van der Waals surface area (Å²) in [6.45, 7) is 6.00. The number of rotatable bonds is 4. The number of carbonyl (C=O) groups is 1. The van der Waals surface area contributed by atoms with Crippen LogP contribution in [-0.2, 0) is 14.6 Å². The van der Waals surface area contributed by atoms with Gasteiger partial charge >= 0.3 is 0 Å². The van der Waals surface area contributed by atoms with Crippen LogP contribution < -0.4 is 5.73 Å². The highest BCUT2D eigenvalue weighted by molar-refractivity contribution is 7.91. The van der Waals surface area contributed by atoms with Gasteiger partial charge in [-0.1, -0.05) is 6.07 Å². The maximum Gasteiger partial charge on any atom is 0.219 e. The fourth-order valence-electron chi connectivity index (χ4n) is 4.95. The lowest BCUT2D eigenvalue weighted by Crippen LogP contribution is -2.43. The Kier molecular flexibility index (Phi) is 6.03. The van der Waals surface area contributed by atoms with E-state index in [1.165, 1.54) is 4.52 Å². The Morgan fingerprint density at radius 1 is 1.19 bits per heavy atom. The molecule has 0 bridgehead atoms. The van der Waals surface area contributed by atoms with Gasteiger partial charge in [-0.25, -0.2) is 18.4 Å². The zero-order valence-corrected chi connectivity index (χ0v) is 22.1. The van der Waals surface area contributed by atoms with Gasteiger partial charge in [-0.2, -0.15) is 9.61 Å². The fraction of sp³-hybridized carbons (Fsp3) is 0.375. The summed E-state index contributed by atoms with van der Waals surface area (Å²) in [7, 11) is -3.69. The van der Waals surface area contributed by atoms with Gasteiger partial charge in [0.15, 0.2) is 15.5 Å². The quantitative estimate of drug-likeness (QED) is 0.428. The summed E-state index contributed by atoms with van der Waals surface area (Å²) >= 11 is 1.57. The Morgan fingerprint density at radius 2 is 1.97 bits per heavy atom. The lowest BCUT2D eigenvalue weighted by atomic mass is 9.88. The minimum Gasteiger partial charge on any atom is -0.382 e. The molecule has 4 aromatic rings. The second kappa shape index (κ2) is 8.93. The predicted octanol–water partition coefficient (Wildman–Crippen LogP) is 3.32. The summed E-state index contributed by atoms with van der Waals surface area (Å²) in [6.07, 6.45) is 5.69. The summed E-state index contributed by atoms with van der Waals surface area (Å²) < 4.78 is 27.0. The second-order valence-electron chi connectivity index (χ2n) is 9.24. The molecule has 0 spiro atoms. The van der Waals surface area contributed by atoms with Gasteiger partial charge in [0.25, 0.3) is 0 Å². The van der Waals surface area contributed by atoms with Crippen molar-refractivity contribution >= 4 is 38.5 Å². The summed E-state index contributed by atoms with van der Waals surface area (Å²) in [5.74, 6) is -0.120. The van der Waals surface area contributed by atoms with E-state index in [1.807, 2.05) is 31.4 Å². The summed E-state index contributed by atoms with van der Waals surface area (Å²) in [5.41, 5.74) is 10.4. The Labute approximate surface area is 213 Å². The molecule has 12 heteroatoms. The number of aromatic nitrogens is 5. The molecular weight excluding hydrogens is 498 g/mol. The van der Waals surface area contributed by atoms with Crippen LogP contribution in [0, 0.1) is 6.92 Å². The Hall–Kier alpha value is -3.38. The number of hydrogen-bond acceptors (Lipinski definition) is 9. The molecule has 4 aromatic heterocycles. The number of nitrogen functional groups attached to an aromatic ring is 1. The van der Waals surface area contributed by atoms with Gasteiger partial charge in [-0.15, -0.1) is 11.3 Å². The van der Waals surface area contributed by atoms with Crippen molar-refractivity contribution in [3.8, 4) is 22.5 Å². The van der Waals surface area contributed by atoms with Gasteiger partial charge in [0.05, 0.1) is 28.3 Å². The fourth-order valence-corrected chi connectivity index (χ4v) is 6.62. The smallest absolute Gasteiger partial charge is 0.219 e. The van der Waals surface area contributed by atoms with E-state index in [4.69, 9.17) is 10.7 Å². The minimum atomic E-state index is -3.69. The number of hydrogen-bond donors (Lipinski definition) is 1. The van der Waals surface area contributed by atoms with Crippen molar-refractivity contribution in [3.63, 3.8) is 0 Å². The number of likely N-dealkylation sites (tertiary alicyclic amines) is 1. The number of sulfone groups is 1. The van der Waals surface area contributed by atoms with Crippen molar-refractivity contribution < 1.29 is 13.2 Å². The van der Waals surface area contributed by atoms with E-state index >= 15 is 0 Å². The third kappa shape index (κ3) is 4.24. The first kappa shape index (κ1) is 24.3. The molecule has 5 heterocycles. The number of aryl methyl sites for hydroxylation is 1. The van der Waals surface area contributed by atoms with Crippen LogP contribution in [-0.4, -0.2) is 62.6 Å². The molecule has 1 amide bonds. The number of nitrogens with two attached hydrogens (primary N) is 1. The van der Waals surface area contributed by atoms with Gasteiger partial charge in [0.2, 0.25) is 5.91 Å². The average molecular weight is 526 g/mol. The monoisotopic (exact) mass is 525 g/mol. The van der Waals surface area contributed by atoms with E-state index in [1.54, 1.807) is 35.6 Å². The van der Waals surface area contributed by atoms with Crippen LogP contribution in [0.5, 0.6) is 0 Å². The molecule has 1 fully saturated rings. The zero-order chi connectivity index (χ0) is 25.8. The number of pyridine rings is 1. The Balaban J connectivity index is 1.61. The van der Waals surface area contributed by atoms with Crippen molar-refractivity contribution in [2.45, 2.75) is 50.5 Å². The maximum atomic E-state index is 12.8. The average Bonchev–Trinajstić information content (AvgIpc) is 3.44. The van der Waals surface area contributed by atoms with Crippen molar-refractivity contribution in [3.05, 3.63) is 40.6 Å². The highest BCUT2D eigenvalue weighted by Gasteiger charge is 2.34. The molecule has 0 aliphatic carbocycles. The van der Waals surface area contributed by atoms with E-state index in [9.17, 15) is 13.2 Å². The van der Waals surface area contributed by atoms with Crippen LogP contribution in [0.15, 0.2) is 34.8 Å². The predicted molar refractivity (Wildman–Crippen MR) is 138 cm³/mol. The van der Waals surface area contributed by atoms with Crippen molar-refractivity contribution in [1.82, 2.24) is 29.5 Å². The SMILES string of the molecule is CC(=O)N1CC[C@@H](c2nc3c(-c4ccc(-c5csc(C)n5)nc4)cnn3c(N)c2S(C)(=O)=O)C[C@@H]1C. The number of carbonyl (C=O) groups excluding carboxylic acids is 1. The van der Waals surface area contributed by atoms with Crippen LogP contribution in [0.4, 0.5) is 5.82 Å². The number of nitrogens with zero attached hydrogens (tertiary/aromatic N) is 6. The molecule has 5 rings (SSSR count). The van der Waals surface area contributed by atoms with Crippen LogP contribution in [0.3, 0.4) is 0 Å². The molecular formula is C24H27N7O3S2. The Morgan fingerprint density at radius 3 is 2.56 bits per heavy atom. The van der Waals surface area contributed by atoms with E-state index in [-0.39, 0.29) is 28.6 Å².